The van der Waals surface area contributed by atoms with E-state index in [1.54, 1.807) is 0 Å². The molecule has 1 N–H and O–H groups in total. The van der Waals surface area contributed by atoms with E-state index >= 15 is 0 Å². The highest BCUT2D eigenvalue weighted by Gasteiger charge is 2.31. The van der Waals surface area contributed by atoms with Crippen molar-refractivity contribution in [2.24, 2.45) is 0 Å². The Kier molecular flexibility index (Phi) is 2.16. The van der Waals surface area contributed by atoms with Crippen molar-refractivity contribution in [2.45, 2.75) is 38.3 Å². The highest BCUT2D eigenvalue weighted by Crippen LogP contribution is 2.32. The predicted octanol–water partition coefficient (Wildman–Crippen LogP) is 1.73. The second-order valence-electron chi connectivity index (χ2n) is 4.45. The molecule has 2 aliphatic heterocycles. The Labute approximate surface area is 89.6 Å². The van der Waals surface area contributed by atoms with Crippen molar-refractivity contribution in [1.82, 2.24) is 9.78 Å². The van der Waals surface area contributed by atoms with Crippen molar-refractivity contribution in [2.75, 3.05) is 18.5 Å². The Morgan fingerprint density at radius 2 is 2.47 bits per heavy atom. The van der Waals surface area contributed by atoms with E-state index in [-0.39, 0.29) is 0 Å². The standard InChI is InChI=1S/C11H17N3O/c1-8-7-11-12-5-4-9(14(11)13-8)10-3-2-6-15-10/h7,9-10,12H,2-6H2,1H3. The summed E-state index contributed by atoms with van der Waals surface area (Å²) in [6.07, 6.45) is 3.89. The first-order valence-corrected chi connectivity index (χ1v) is 5.76. The molecule has 1 aromatic heterocycles. The number of aryl methyl sites for hydroxylation is 1. The van der Waals surface area contributed by atoms with Gasteiger partial charge in [-0.05, 0) is 26.2 Å². The summed E-state index contributed by atoms with van der Waals surface area (Å²) in [7, 11) is 0. The van der Waals surface area contributed by atoms with Crippen molar-refractivity contribution < 1.29 is 4.74 Å². The molecule has 0 amide bonds. The van der Waals surface area contributed by atoms with Gasteiger partial charge in [-0.25, -0.2) is 4.68 Å². The van der Waals surface area contributed by atoms with E-state index in [9.17, 15) is 0 Å². The number of aromatic nitrogens is 2. The highest BCUT2D eigenvalue weighted by atomic mass is 16.5. The topological polar surface area (TPSA) is 39.1 Å². The number of nitrogens with zero attached hydrogens (tertiary/aromatic N) is 2. The van der Waals surface area contributed by atoms with Crippen LogP contribution in [0.25, 0.3) is 0 Å². The fourth-order valence-corrected chi connectivity index (χ4v) is 2.62. The van der Waals surface area contributed by atoms with Crippen molar-refractivity contribution in [3.05, 3.63) is 11.8 Å². The lowest BCUT2D eigenvalue weighted by Crippen LogP contribution is -2.31. The SMILES string of the molecule is Cc1cc2n(n1)C(C1CCCO1)CCN2. The average molecular weight is 207 g/mol. The van der Waals surface area contributed by atoms with Gasteiger partial charge in [-0.15, -0.1) is 0 Å². The quantitative estimate of drug-likeness (QED) is 0.762. The van der Waals surface area contributed by atoms with Gasteiger partial charge in [0.25, 0.3) is 0 Å². The Balaban J connectivity index is 1.90. The fraction of sp³-hybridized carbons (Fsp3) is 0.727. The first-order chi connectivity index (χ1) is 7.34. The third-order valence-electron chi connectivity index (χ3n) is 3.31. The zero-order valence-electron chi connectivity index (χ0n) is 9.07. The second kappa shape index (κ2) is 3.52. The minimum atomic E-state index is 0.380. The molecule has 0 radical (unpaired) electrons. The Morgan fingerprint density at radius 3 is 3.27 bits per heavy atom. The molecule has 3 heterocycles. The number of anilines is 1. The molecule has 0 aliphatic carbocycles. The molecule has 1 saturated heterocycles. The molecule has 1 aromatic rings. The molecule has 2 aliphatic rings. The summed E-state index contributed by atoms with van der Waals surface area (Å²) in [6, 6.07) is 2.55. The van der Waals surface area contributed by atoms with Gasteiger partial charge < -0.3 is 10.1 Å². The number of nitrogens with one attached hydrogen (secondary N) is 1. The minimum Gasteiger partial charge on any atom is -0.376 e. The molecular weight excluding hydrogens is 190 g/mol. The first kappa shape index (κ1) is 9.21. The van der Waals surface area contributed by atoms with Crippen LogP contribution in [0.15, 0.2) is 6.07 Å². The molecule has 4 heteroatoms. The normalized spacial score (nSPS) is 29.9. The second-order valence-corrected chi connectivity index (χ2v) is 4.45. The summed E-state index contributed by atoms with van der Waals surface area (Å²) in [6.45, 7) is 4.00. The third-order valence-corrected chi connectivity index (χ3v) is 3.31. The molecule has 0 spiro atoms. The predicted molar refractivity (Wildman–Crippen MR) is 58.1 cm³/mol. The molecule has 2 unspecified atom stereocenters. The van der Waals surface area contributed by atoms with Crippen LogP contribution in [-0.2, 0) is 4.74 Å². The van der Waals surface area contributed by atoms with E-state index in [0.717, 1.165) is 31.1 Å². The van der Waals surface area contributed by atoms with Gasteiger partial charge in [0.1, 0.15) is 5.82 Å². The zero-order chi connectivity index (χ0) is 10.3. The fourth-order valence-electron chi connectivity index (χ4n) is 2.62. The van der Waals surface area contributed by atoms with Gasteiger partial charge in [-0.3, -0.25) is 0 Å². The van der Waals surface area contributed by atoms with Crippen molar-refractivity contribution >= 4 is 5.82 Å². The largest absolute Gasteiger partial charge is 0.376 e. The molecule has 15 heavy (non-hydrogen) atoms. The highest BCUT2D eigenvalue weighted by molar-refractivity contribution is 5.39. The van der Waals surface area contributed by atoms with Crippen LogP contribution < -0.4 is 5.32 Å². The lowest BCUT2D eigenvalue weighted by Gasteiger charge is -2.29. The summed E-state index contributed by atoms with van der Waals surface area (Å²) >= 11 is 0. The van der Waals surface area contributed by atoms with E-state index in [4.69, 9.17) is 4.74 Å². The number of hydrogen-bond acceptors (Lipinski definition) is 3. The number of hydrogen-bond donors (Lipinski definition) is 1. The maximum Gasteiger partial charge on any atom is 0.124 e. The van der Waals surface area contributed by atoms with Gasteiger partial charge in [0.05, 0.1) is 17.8 Å². The third kappa shape index (κ3) is 1.53. The molecule has 3 rings (SSSR count). The van der Waals surface area contributed by atoms with Gasteiger partial charge in [0.2, 0.25) is 0 Å². The lowest BCUT2D eigenvalue weighted by atomic mass is 10.0. The molecule has 1 fully saturated rings. The number of fused-ring (bicyclic) bond motifs is 1. The van der Waals surface area contributed by atoms with Crippen LogP contribution in [0, 0.1) is 6.92 Å². The molecule has 0 aromatic carbocycles. The maximum atomic E-state index is 5.77. The van der Waals surface area contributed by atoms with Crippen molar-refractivity contribution in [1.29, 1.82) is 0 Å². The molecule has 0 bridgehead atoms. The molecular formula is C11H17N3O. The van der Waals surface area contributed by atoms with Gasteiger partial charge in [-0.1, -0.05) is 0 Å². The van der Waals surface area contributed by atoms with Crippen LogP contribution >= 0.6 is 0 Å². The summed E-state index contributed by atoms with van der Waals surface area (Å²) in [5.41, 5.74) is 1.09. The number of ether oxygens (including phenoxy) is 1. The van der Waals surface area contributed by atoms with Crippen LogP contribution in [0.3, 0.4) is 0 Å². The molecule has 2 atom stereocenters. The molecule has 4 nitrogen and oxygen atoms in total. The maximum absolute atomic E-state index is 5.77. The van der Waals surface area contributed by atoms with E-state index in [0.29, 0.717) is 12.1 Å². The Hall–Kier alpha value is -1.03. The zero-order valence-corrected chi connectivity index (χ0v) is 9.07. The van der Waals surface area contributed by atoms with Gasteiger partial charge in [-0.2, -0.15) is 5.10 Å². The van der Waals surface area contributed by atoms with Crippen LogP contribution in [-0.4, -0.2) is 29.0 Å². The van der Waals surface area contributed by atoms with Crippen LogP contribution in [0.2, 0.25) is 0 Å². The van der Waals surface area contributed by atoms with Crippen LogP contribution in [0.4, 0.5) is 5.82 Å². The van der Waals surface area contributed by atoms with E-state index in [2.05, 4.69) is 21.2 Å². The van der Waals surface area contributed by atoms with E-state index in [1.165, 1.54) is 12.8 Å². The van der Waals surface area contributed by atoms with E-state index in [1.807, 2.05) is 6.92 Å². The molecule has 0 saturated carbocycles. The average Bonchev–Trinajstić information content (AvgIpc) is 2.82. The van der Waals surface area contributed by atoms with Gasteiger partial charge >= 0.3 is 0 Å². The Morgan fingerprint density at radius 1 is 1.53 bits per heavy atom. The van der Waals surface area contributed by atoms with Crippen molar-refractivity contribution in [3.63, 3.8) is 0 Å². The Bertz CT molecular complexity index is 355. The first-order valence-electron chi connectivity index (χ1n) is 5.76. The van der Waals surface area contributed by atoms with E-state index < -0.39 is 0 Å². The summed E-state index contributed by atoms with van der Waals surface area (Å²) in [5, 5.41) is 7.93. The summed E-state index contributed by atoms with van der Waals surface area (Å²) in [4.78, 5) is 0. The van der Waals surface area contributed by atoms with Gasteiger partial charge in [0, 0.05) is 19.2 Å². The summed E-state index contributed by atoms with van der Waals surface area (Å²) in [5.74, 6) is 1.15. The monoisotopic (exact) mass is 207 g/mol. The smallest absolute Gasteiger partial charge is 0.124 e. The van der Waals surface area contributed by atoms with Crippen LogP contribution in [0.5, 0.6) is 0 Å². The lowest BCUT2D eigenvalue weighted by molar-refractivity contribution is 0.0591. The van der Waals surface area contributed by atoms with Gasteiger partial charge in [0.15, 0.2) is 0 Å². The molecule has 82 valence electrons. The minimum absolute atomic E-state index is 0.380. The van der Waals surface area contributed by atoms with Crippen LogP contribution in [0.1, 0.15) is 31.0 Å². The van der Waals surface area contributed by atoms with Crippen molar-refractivity contribution in [3.8, 4) is 0 Å². The number of rotatable bonds is 1. The summed E-state index contributed by atoms with van der Waals surface area (Å²) < 4.78 is 7.89.